The molecule has 0 saturated heterocycles. The Bertz CT molecular complexity index is 288. The summed E-state index contributed by atoms with van der Waals surface area (Å²) in [6, 6.07) is 0. The zero-order valence-corrected chi connectivity index (χ0v) is 19.0. The van der Waals surface area contributed by atoms with Crippen molar-refractivity contribution in [2.24, 2.45) is 0 Å². The third kappa shape index (κ3) is 23.9. The van der Waals surface area contributed by atoms with Crippen LogP contribution in [0.25, 0.3) is 0 Å². The van der Waals surface area contributed by atoms with Crippen molar-refractivity contribution < 1.29 is 24.8 Å². The maximum atomic E-state index is 9.35. The van der Waals surface area contributed by atoms with Crippen molar-refractivity contribution in [1.82, 2.24) is 0 Å². The molecule has 29 heavy (non-hydrogen) atoms. The van der Waals surface area contributed by atoms with E-state index >= 15 is 0 Å². The van der Waals surface area contributed by atoms with Crippen LogP contribution in [0.5, 0.6) is 0 Å². The van der Waals surface area contributed by atoms with Gasteiger partial charge >= 0.3 is 0 Å². The van der Waals surface area contributed by atoms with Gasteiger partial charge in [-0.2, -0.15) is 0 Å². The molecule has 0 aromatic carbocycles. The van der Waals surface area contributed by atoms with E-state index in [1.165, 1.54) is 89.9 Å². The Kier molecular flexibility index (Phi) is 25.7. The van der Waals surface area contributed by atoms with Crippen LogP contribution in [-0.4, -0.2) is 61.1 Å². The second kappa shape index (κ2) is 25.8. The summed E-state index contributed by atoms with van der Waals surface area (Å²) in [7, 11) is 0. The van der Waals surface area contributed by atoms with Gasteiger partial charge < -0.3 is 24.8 Å². The van der Waals surface area contributed by atoms with Gasteiger partial charge in [0, 0.05) is 6.61 Å². The highest BCUT2D eigenvalue weighted by Crippen LogP contribution is 2.14. The van der Waals surface area contributed by atoms with Crippen LogP contribution >= 0.6 is 0 Å². The highest BCUT2D eigenvalue weighted by molar-refractivity contribution is 4.57. The molecule has 1 unspecified atom stereocenters. The fourth-order valence-corrected chi connectivity index (χ4v) is 3.63. The Morgan fingerprint density at radius 2 is 0.897 bits per heavy atom. The fraction of sp³-hybridized carbons (Fsp3) is 1.00. The second-order valence-corrected chi connectivity index (χ2v) is 8.18. The molecule has 0 saturated carbocycles. The van der Waals surface area contributed by atoms with E-state index in [-0.39, 0.29) is 19.3 Å². The Hall–Kier alpha value is -0.200. The standard InChI is InChI=1S/C24H50O5/c25-18-16-14-12-10-8-6-4-2-1-3-5-7-9-11-13-15-17-24(23-27)29-22-21-28-20-19-26/h24-27H,1-23H2. The maximum Gasteiger partial charge on any atom is 0.0806 e. The summed E-state index contributed by atoms with van der Waals surface area (Å²) in [5, 5.41) is 26.7. The normalized spacial score (nSPS) is 12.5. The number of unbranched alkanes of at least 4 members (excludes halogenated alkanes) is 15. The topological polar surface area (TPSA) is 79.2 Å². The van der Waals surface area contributed by atoms with E-state index in [0.717, 1.165) is 19.3 Å². The van der Waals surface area contributed by atoms with Gasteiger partial charge in [0.2, 0.25) is 0 Å². The molecule has 0 aliphatic heterocycles. The Labute approximate surface area is 180 Å². The van der Waals surface area contributed by atoms with E-state index in [1.54, 1.807) is 0 Å². The molecule has 5 nitrogen and oxygen atoms in total. The summed E-state index contributed by atoms with van der Waals surface area (Å²) >= 11 is 0. The number of hydrogen-bond acceptors (Lipinski definition) is 5. The molecule has 0 bridgehead atoms. The first-order valence-electron chi connectivity index (χ1n) is 12.4. The monoisotopic (exact) mass is 418 g/mol. The molecule has 3 N–H and O–H groups in total. The zero-order valence-electron chi connectivity index (χ0n) is 19.0. The number of aliphatic hydroxyl groups excluding tert-OH is 3. The molecule has 0 aromatic heterocycles. The highest BCUT2D eigenvalue weighted by atomic mass is 16.5. The number of hydrogen-bond donors (Lipinski definition) is 3. The Balaban J connectivity index is 3.18. The minimum Gasteiger partial charge on any atom is -0.396 e. The molecule has 0 aliphatic rings. The van der Waals surface area contributed by atoms with E-state index in [4.69, 9.17) is 19.7 Å². The smallest absolute Gasteiger partial charge is 0.0806 e. The summed E-state index contributed by atoms with van der Waals surface area (Å²) in [6.45, 7) is 1.77. The lowest BCUT2D eigenvalue weighted by molar-refractivity contribution is -0.0274. The van der Waals surface area contributed by atoms with Gasteiger partial charge in [0.25, 0.3) is 0 Å². The molecule has 0 radical (unpaired) electrons. The lowest BCUT2D eigenvalue weighted by Gasteiger charge is -2.15. The Morgan fingerprint density at radius 3 is 1.31 bits per heavy atom. The first kappa shape index (κ1) is 28.8. The van der Waals surface area contributed by atoms with Crippen molar-refractivity contribution in [3.63, 3.8) is 0 Å². The van der Waals surface area contributed by atoms with Gasteiger partial charge in [-0.15, -0.1) is 0 Å². The van der Waals surface area contributed by atoms with Crippen molar-refractivity contribution in [3.8, 4) is 0 Å². The molecule has 0 heterocycles. The highest BCUT2D eigenvalue weighted by Gasteiger charge is 2.07. The third-order valence-corrected chi connectivity index (χ3v) is 5.45. The SMILES string of the molecule is OCCCCCCCCCCCCCCCCCCC(CO)OCCOCCO. The molecule has 0 aliphatic carbocycles. The summed E-state index contributed by atoms with van der Waals surface area (Å²) in [6.07, 6.45) is 21.6. The van der Waals surface area contributed by atoms with E-state index < -0.39 is 0 Å². The zero-order chi connectivity index (χ0) is 21.3. The second-order valence-electron chi connectivity index (χ2n) is 8.18. The molecule has 0 spiro atoms. The van der Waals surface area contributed by atoms with Gasteiger partial charge in [-0.25, -0.2) is 0 Å². The number of ether oxygens (including phenoxy) is 2. The first-order valence-corrected chi connectivity index (χ1v) is 12.4. The molecule has 0 aromatic rings. The lowest BCUT2D eigenvalue weighted by atomic mass is 10.0. The number of aliphatic hydroxyl groups is 3. The largest absolute Gasteiger partial charge is 0.396 e. The predicted octanol–water partition coefficient (Wildman–Crippen LogP) is 5.00. The van der Waals surface area contributed by atoms with Crippen molar-refractivity contribution in [3.05, 3.63) is 0 Å². The van der Waals surface area contributed by atoms with Gasteiger partial charge in [-0.1, -0.05) is 96.3 Å². The van der Waals surface area contributed by atoms with Crippen LogP contribution in [0.4, 0.5) is 0 Å². The van der Waals surface area contributed by atoms with Crippen LogP contribution in [0.15, 0.2) is 0 Å². The fourth-order valence-electron chi connectivity index (χ4n) is 3.63. The van der Waals surface area contributed by atoms with Gasteiger partial charge in [0.1, 0.15) is 0 Å². The lowest BCUT2D eigenvalue weighted by Crippen LogP contribution is -2.20. The molecular formula is C24H50O5. The first-order chi connectivity index (χ1) is 14.3. The number of rotatable bonds is 25. The van der Waals surface area contributed by atoms with Crippen LogP contribution in [0.1, 0.15) is 109 Å². The van der Waals surface area contributed by atoms with Gasteiger partial charge in [0.15, 0.2) is 0 Å². The van der Waals surface area contributed by atoms with E-state index in [9.17, 15) is 5.11 Å². The van der Waals surface area contributed by atoms with E-state index in [2.05, 4.69) is 0 Å². The van der Waals surface area contributed by atoms with Crippen molar-refractivity contribution >= 4 is 0 Å². The van der Waals surface area contributed by atoms with Crippen LogP contribution in [0, 0.1) is 0 Å². The third-order valence-electron chi connectivity index (χ3n) is 5.45. The van der Waals surface area contributed by atoms with E-state index in [0.29, 0.717) is 26.4 Å². The van der Waals surface area contributed by atoms with Crippen LogP contribution in [0.3, 0.4) is 0 Å². The van der Waals surface area contributed by atoms with E-state index in [1.807, 2.05) is 0 Å². The van der Waals surface area contributed by atoms with Gasteiger partial charge in [-0.3, -0.25) is 0 Å². The summed E-state index contributed by atoms with van der Waals surface area (Å²) in [5.41, 5.74) is 0. The molecule has 0 fully saturated rings. The summed E-state index contributed by atoms with van der Waals surface area (Å²) in [5.74, 6) is 0. The average molecular weight is 419 g/mol. The molecule has 1 atom stereocenters. The summed E-state index contributed by atoms with van der Waals surface area (Å²) < 4.78 is 10.8. The molecule has 0 rings (SSSR count). The van der Waals surface area contributed by atoms with Crippen molar-refractivity contribution in [2.45, 2.75) is 115 Å². The predicted molar refractivity (Wildman–Crippen MR) is 120 cm³/mol. The molecule has 0 amide bonds. The molecule has 5 heteroatoms. The average Bonchev–Trinajstić information content (AvgIpc) is 2.74. The van der Waals surface area contributed by atoms with Crippen LogP contribution in [0.2, 0.25) is 0 Å². The van der Waals surface area contributed by atoms with Crippen molar-refractivity contribution in [2.75, 3.05) is 39.6 Å². The summed E-state index contributed by atoms with van der Waals surface area (Å²) in [4.78, 5) is 0. The minimum atomic E-state index is -0.0757. The quantitative estimate of drug-likeness (QED) is 0.182. The van der Waals surface area contributed by atoms with Crippen molar-refractivity contribution in [1.29, 1.82) is 0 Å². The van der Waals surface area contributed by atoms with Gasteiger partial charge in [-0.05, 0) is 12.8 Å². The molecular weight excluding hydrogens is 368 g/mol. The minimum absolute atomic E-state index is 0.0384. The molecule has 176 valence electrons. The van der Waals surface area contributed by atoms with Crippen LogP contribution in [-0.2, 0) is 9.47 Å². The maximum absolute atomic E-state index is 9.35. The Morgan fingerprint density at radius 1 is 0.448 bits per heavy atom. The van der Waals surface area contributed by atoms with Crippen LogP contribution < -0.4 is 0 Å². The van der Waals surface area contributed by atoms with Gasteiger partial charge in [0.05, 0.1) is 39.1 Å².